The van der Waals surface area contributed by atoms with Crippen LogP contribution in [-0.2, 0) is 6.54 Å². The van der Waals surface area contributed by atoms with Crippen molar-refractivity contribution in [3.8, 4) is 5.75 Å². The van der Waals surface area contributed by atoms with Gasteiger partial charge in [-0.3, -0.25) is 4.57 Å². The molecule has 0 amide bonds. The van der Waals surface area contributed by atoms with Gasteiger partial charge in [-0.1, -0.05) is 29.3 Å². The molecule has 0 bridgehead atoms. The van der Waals surface area contributed by atoms with Crippen molar-refractivity contribution >= 4 is 34.1 Å². The van der Waals surface area contributed by atoms with Crippen molar-refractivity contribution < 1.29 is 9.15 Å². The highest BCUT2D eigenvalue weighted by Crippen LogP contribution is 2.26. The summed E-state index contributed by atoms with van der Waals surface area (Å²) in [7, 11) is 0. The van der Waals surface area contributed by atoms with Crippen molar-refractivity contribution in [2.75, 3.05) is 6.61 Å². The maximum Gasteiger partial charge on any atom is 0.422 e. The molecular weight excluding hydrogens is 377 g/mol. The van der Waals surface area contributed by atoms with Gasteiger partial charge in [-0.25, -0.2) is 9.59 Å². The van der Waals surface area contributed by atoms with Crippen LogP contribution < -0.4 is 16.1 Å². The minimum Gasteiger partial charge on any atom is -0.494 e. The van der Waals surface area contributed by atoms with Gasteiger partial charge in [0.25, 0.3) is 0 Å². The van der Waals surface area contributed by atoms with Crippen molar-refractivity contribution in [3.63, 3.8) is 0 Å². The second-order valence-electron chi connectivity index (χ2n) is 6.02. The van der Waals surface area contributed by atoms with Crippen LogP contribution in [0.15, 0.2) is 44.3 Å². The number of hydrogen-bond acceptors (Lipinski definition) is 4. The Hall–Kier alpha value is -2.24. The molecule has 5 nitrogen and oxygen atoms in total. The number of para-hydroxylation sites is 1. The van der Waals surface area contributed by atoms with Crippen LogP contribution in [0, 0.1) is 13.8 Å². The molecule has 0 aliphatic rings. The summed E-state index contributed by atoms with van der Waals surface area (Å²) in [6.07, 6.45) is 0.536. The summed E-state index contributed by atoms with van der Waals surface area (Å²) in [6, 6.07) is 8.60. The second-order valence-corrected chi connectivity index (χ2v) is 6.80. The van der Waals surface area contributed by atoms with Crippen LogP contribution in [0.3, 0.4) is 0 Å². The minimum absolute atomic E-state index is 0.280. The van der Waals surface area contributed by atoms with Gasteiger partial charge in [-0.05, 0) is 55.7 Å². The predicted molar refractivity (Wildman–Crippen MR) is 103 cm³/mol. The van der Waals surface area contributed by atoms with E-state index in [1.807, 2.05) is 26.0 Å². The van der Waals surface area contributed by atoms with E-state index >= 15 is 0 Å². The molecule has 0 N–H and O–H groups in total. The van der Waals surface area contributed by atoms with Crippen LogP contribution in [0.25, 0.3) is 10.9 Å². The van der Waals surface area contributed by atoms with Crippen LogP contribution in [0.2, 0.25) is 10.0 Å². The van der Waals surface area contributed by atoms with Crippen molar-refractivity contribution in [1.29, 1.82) is 0 Å². The molecule has 136 valence electrons. The van der Waals surface area contributed by atoms with E-state index in [1.165, 1.54) is 4.57 Å². The maximum absolute atomic E-state index is 12.1. The molecule has 0 unspecified atom stereocenters. The number of nitrogens with zero attached hydrogens (tertiary/aromatic N) is 1. The lowest BCUT2D eigenvalue weighted by atomic mass is 10.1. The number of rotatable bonds is 5. The lowest BCUT2D eigenvalue weighted by Crippen LogP contribution is -2.26. The van der Waals surface area contributed by atoms with E-state index in [1.54, 1.807) is 18.2 Å². The van der Waals surface area contributed by atoms with Crippen molar-refractivity contribution in [3.05, 3.63) is 72.5 Å². The summed E-state index contributed by atoms with van der Waals surface area (Å²) in [6.45, 7) is 4.54. The fourth-order valence-electron chi connectivity index (χ4n) is 2.84. The molecule has 0 aliphatic carbocycles. The summed E-state index contributed by atoms with van der Waals surface area (Å²) in [5.41, 5.74) is 1.58. The van der Waals surface area contributed by atoms with E-state index in [9.17, 15) is 9.59 Å². The van der Waals surface area contributed by atoms with Gasteiger partial charge in [0.05, 0.1) is 22.5 Å². The number of fused-ring (bicyclic) bond motifs is 1. The molecule has 0 saturated heterocycles. The molecule has 0 atom stereocenters. The number of benzene rings is 2. The molecule has 26 heavy (non-hydrogen) atoms. The summed E-state index contributed by atoms with van der Waals surface area (Å²) in [4.78, 5) is 23.9. The number of hydrogen-bond donors (Lipinski definition) is 0. The first-order valence-corrected chi connectivity index (χ1v) is 8.86. The third-order valence-electron chi connectivity index (χ3n) is 4.08. The second kappa shape index (κ2) is 7.56. The summed E-state index contributed by atoms with van der Waals surface area (Å²) in [5.74, 6) is -0.00647. The van der Waals surface area contributed by atoms with Crippen LogP contribution in [0.5, 0.6) is 5.75 Å². The van der Waals surface area contributed by atoms with Gasteiger partial charge in [-0.15, -0.1) is 0 Å². The molecule has 7 heteroatoms. The monoisotopic (exact) mass is 393 g/mol. The zero-order valence-electron chi connectivity index (χ0n) is 14.3. The molecule has 1 heterocycles. The quantitative estimate of drug-likeness (QED) is 0.604. The standard InChI is InChI=1S/C19H17Cl2NO4/c1-11-9-13(10-12(2)16(11)21)25-8-4-7-22-17-14(5-3-6-15(17)20)18(23)26-19(22)24/h3,5-6,9-10H,4,7-8H2,1-2H3. The van der Waals surface area contributed by atoms with Gasteiger partial charge in [0, 0.05) is 11.6 Å². The molecule has 0 radical (unpaired) electrons. The van der Waals surface area contributed by atoms with Gasteiger partial charge in [-0.2, -0.15) is 0 Å². The highest BCUT2D eigenvalue weighted by molar-refractivity contribution is 6.35. The molecule has 0 aliphatic heterocycles. The Morgan fingerprint density at radius 2 is 1.81 bits per heavy atom. The number of aromatic nitrogens is 1. The molecule has 3 aromatic rings. The van der Waals surface area contributed by atoms with Gasteiger partial charge in [0.2, 0.25) is 0 Å². The largest absolute Gasteiger partial charge is 0.494 e. The first-order chi connectivity index (χ1) is 12.4. The van der Waals surface area contributed by atoms with Crippen LogP contribution in [0.4, 0.5) is 0 Å². The smallest absolute Gasteiger partial charge is 0.422 e. The third-order valence-corrected chi connectivity index (χ3v) is 4.98. The molecule has 3 rings (SSSR count). The van der Waals surface area contributed by atoms with E-state index < -0.39 is 11.4 Å². The summed E-state index contributed by atoms with van der Waals surface area (Å²) in [5, 5.41) is 1.34. The molecule has 1 aromatic heterocycles. The van der Waals surface area contributed by atoms with Gasteiger partial charge in [0.1, 0.15) is 5.75 Å². The molecule has 0 saturated carbocycles. The minimum atomic E-state index is -0.728. The highest BCUT2D eigenvalue weighted by Gasteiger charge is 2.12. The lowest BCUT2D eigenvalue weighted by molar-refractivity contribution is 0.296. The van der Waals surface area contributed by atoms with Crippen LogP contribution in [0.1, 0.15) is 17.5 Å². The third kappa shape index (κ3) is 3.64. The summed E-state index contributed by atoms with van der Waals surface area (Å²) >= 11 is 12.3. The topological polar surface area (TPSA) is 61.4 Å². The van der Waals surface area contributed by atoms with Crippen LogP contribution in [-0.4, -0.2) is 11.2 Å². The average molecular weight is 394 g/mol. The number of halogens is 2. The van der Waals surface area contributed by atoms with Crippen molar-refractivity contribution in [2.45, 2.75) is 26.8 Å². The summed E-state index contributed by atoms with van der Waals surface area (Å²) < 4.78 is 11.9. The first-order valence-electron chi connectivity index (χ1n) is 8.10. The van der Waals surface area contributed by atoms with Crippen LogP contribution >= 0.6 is 23.2 Å². The van der Waals surface area contributed by atoms with E-state index in [4.69, 9.17) is 32.4 Å². The van der Waals surface area contributed by atoms with Gasteiger partial charge >= 0.3 is 11.4 Å². The van der Waals surface area contributed by atoms with Gasteiger partial charge in [0.15, 0.2) is 0 Å². The predicted octanol–water partition coefficient (Wildman–Crippen LogP) is 4.35. The number of ether oxygens (including phenoxy) is 1. The number of aryl methyl sites for hydroxylation is 3. The Morgan fingerprint density at radius 3 is 2.50 bits per heavy atom. The molecule has 0 spiro atoms. The molecular formula is C19H17Cl2NO4. The Kier molecular flexibility index (Phi) is 5.39. The van der Waals surface area contributed by atoms with E-state index in [0.29, 0.717) is 30.1 Å². The highest BCUT2D eigenvalue weighted by atomic mass is 35.5. The lowest BCUT2D eigenvalue weighted by Gasteiger charge is -2.12. The Bertz CT molecular complexity index is 1060. The van der Waals surface area contributed by atoms with Crippen molar-refractivity contribution in [2.24, 2.45) is 0 Å². The fraction of sp³-hybridized carbons (Fsp3) is 0.263. The molecule has 2 aromatic carbocycles. The zero-order chi connectivity index (χ0) is 18.8. The van der Waals surface area contributed by atoms with E-state index in [2.05, 4.69) is 0 Å². The van der Waals surface area contributed by atoms with E-state index in [-0.39, 0.29) is 5.39 Å². The normalized spacial score (nSPS) is 11.1. The van der Waals surface area contributed by atoms with E-state index in [0.717, 1.165) is 21.9 Å². The Labute approximate surface area is 159 Å². The molecule has 0 fully saturated rings. The SMILES string of the molecule is Cc1cc(OCCCn2c(=O)oc(=O)c3cccc(Cl)c32)cc(C)c1Cl. The van der Waals surface area contributed by atoms with Crippen molar-refractivity contribution in [1.82, 2.24) is 4.57 Å². The Balaban J connectivity index is 1.77. The van der Waals surface area contributed by atoms with Gasteiger partial charge < -0.3 is 9.15 Å². The maximum atomic E-state index is 12.1. The average Bonchev–Trinajstić information content (AvgIpc) is 2.59. The Morgan fingerprint density at radius 1 is 1.12 bits per heavy atom. The first kappa shape index (κ1) is 18.5. The zero-order valence-corrected chi connectivity index (χ0v) is 15.9. The fourth-order valence-corrected chi connectivity index (χ4v) is 3.23.